The zero-order valence-electron chi connectivity index (χ0n) is 17.9. The summed E-state index contributed by atoms with van der Waals surface area (Å²) in [6.07, 6.45) is 0. The molecule has 0 bridgehead atoms. The molecule has 0 heterocycles. The molecule has 0 spiro atoms. The summed E-state index contributed by atoms with van der Waals surface area (Å²) in [5.41, 5.74) is 1.22. The number of methoxy groups -OCH3 is 1. The number of nitrogens with two attached hydrogens (primary N) is 1. The smallest absolute Gasteiger partial charge is 0.399 e. The van der Waals surface area contributed by atoms with Crippen LogP contribution < -0.4 is 9.88 Å². The Kier molecular flexibility index (Phi) is 6.98. The molecule has 2 N–H and O–H groups in total. The van der Waals surface area contributed by atoms with Gasteiger partial charge in [0.05, 0.1) is 18.0 Å². The van der Waals surface area contributed by atoms with Crippen molar-refractivity contribution < 1.29 is 17.4 Å². The van der Waals surface area contributed by atoms with Crippen LogP contribution in [-0.2, 0) is 25.5 Å². The number of benzene rings is 4. The number of oxime groups is 1. The topological polar surface area (TPSA) is 91.0 Å². The first-order valence-electron chi connectivity index (χ1n) is 10.1. The Labute approximate surface area is 196 Å². The van der Waals surface area contributed by atoms with Crippen LogP contribution in [0.25, 0.3) is 10.8 Å². The Hall–Kier alpha value is -3.33. The molecule has 0 unspecified atom stereocenters. The predicted octanol–water partition coefficient (Wildman–Crippen LogP) is 4.51. The molecule has 4 aromatic carbocycles. The number of rotatable bonds is 8. The first-order valence-corrected chi connectivity index (χ1v) is 13.0. The summed E-state index contributed by atoms with van der Waals surface area (Å²) in [5.74, 6) is 1.13. The van der Waals surface area contributed by atoms with Gasteiger partial charge in [0.2, 0.25) is 0 Å². The summed E-state index contributed by atoms with van der Waals surface area (Å²) in [6, 6.07) is 31.5. The molecule has 0 saturated heterocycles. The summed E-state index contributed by atoms with van der Waals surface area (Å²) >= 11 is 0. The van der Waals surface area contributed by atoms with E-state index in [1.54, 1.807) is 7.11 Å². The van der Waals surface area contributed by atoms with Crippen LogP contribution >= 0.6 is 0 Å². The van der Waals surface area contributed by atoms with E-state index in [0.717, 1.165) is 26.1 Å². The Morgan fingerprint density at radius 3 is 1.91 bits per heavy atom. The second-order valence-electron chi connectivity index (χ2n) is 7.13. The molecule has 0 radical (unpaired) electrons. The van der Waals surface area contributed by atoms with Gasteiger partial charge in [-0.15, -0.1) is 0 Å². The average molecular weight is 480 g/mol. The van der Waals surface area contributed by atoms with Crippen LogP contribution in [-0.4, -0.2) is 27.0 Å². The van der Waals surface area contributed by atoms with E-state index in [9.17, 15) is 8.42 Å². The molecule has 0 aromatic heterocycles. The van der Waals surface area contributed by atoms with Gasteiger partial charge in [0.25, 0.3) is 0 Å². The van der Waals surface area contributed by atoms with Gasteiger partial charge in [-0.05, 0) is 41.8 Å². The number of fused-ring (bicyclic) bond motifs is 1. The molecule has 0 aliphatic heterocycles. The van der Waals surface area contributed by atoms with Crippen LogP contribution in [0.4, 0.5) is 0 Å². The molecule has 0 amide bonds. The van der Waals surface area contributed by atoms with Gasteiger partial charge in [-0.1, -0.05) is 65.8 Å². The summed E-state index contributed by atoms with van der Waals surface area (Å²) in [7, 11) is -3.09. The second kappa shape index (κ2) is 10.1. The first kappa shape index (κ1) is 22.8. The molecule has 6 nitrogen and oxygen atoms in total. The number of hydrogen-bond acceptors (Lipinski definition) is 5. The van der Waals surface area contributed by atoms with Crippen molar-refractivity contribution in [2.75, 3.05) is 12.9 Å². The van der Waals surface area contributed by atoms with Crippen molar-refractivity contribution in [2.24, 2.45) is 10.3 Å². The molecule has 0 atom stereocenters. The van der Waals surface area contributed by atoms with Crippen LogP contribution in [0, 0.1) is 0 Å². The quantitative estimate of drug-likeness (QED) is 0.229. The van der Waals surface area contributed by atoms with E-state index >= 15 is 0 Å². The molecular weight excluding hydrogens is 456 g/mol. The van der Waals surface area contributed by atoms with E-state index in [4.69, 9.17) is 14.2 Å². The maximum Gasteiger partial charge on any atom is 0.399 e. The van der Waals surface area contributed by atoms with Crippen molar-refractivity contribution in [1.29, 1.82) is 0 Å². The number of hydrogen-bond donors (Lipinski definition) is 1. The molecular formula is C25H23N2O4S2+. The van der Waals surface area contributed by atoms with E-state index in [0.29, 0.717) is 17.2 Å². The number of nitrogens with zero attached hydrogens (tertiary/aromatic N) is 1. The van der Waals surface area contributed by atoms with Gasteiger partial charge in [-0.3, -0.25) is 4.28 Å². The Bertz CT molecular complexity index is 1340. The maximum atomic E-state index is 11.6. The van der Waals surface area contributed by atoms with Crippen molar-refractivity contribution in [1.82, 2.24) is 0 Å². The minimum absolute atomic E-state index is 0.417. The van der Waals surface area contributed by atoms with Crippen molar-refractivity contribution in [3.8, 4) is 5.75 Å². The highest BCUT2D eigenvalue weighted by atomic mass is 32.2. The molecule has 168 valence electrons. The van der Waals surface area contributed by atoms with E-state index in [1.807, 2.05) is 72.8 Å². The third kappa shape index (κ3) is 5.54. The van der Waals surface area contributed by atoms with Gasteiger partial charge in [0.15, 0.2) is 15.5 Å². The first-order chi connectivity index (χ1) is 16.0. The maximum absolute atomic E-state index is 11.6. The highest BCUT2D eigenvalue weighted by Crippen LogP contribution is 2.31. The molecule has 8 heteroatoms. The lowest BCUT2D eigenvalue weighted by Gasteiger charge is -2.13. The Balaban J connectivity index is 1.87. The van der Waals surface area contributed by atoms with Crippen LogP contribution in [0.5, 0.6) is 5.75 Å². The molecule has 0 aliphatic carbocycles. The van der Waals surface area contributed by atoms with Gasteiger partial charge in [-0.25, -0.2) is 0 Å². The lowest BCUT2D eigenvalue weighted by atomic mass is 10.0. The summed E-state index contributed by atoms with van der Waals surface area (Å²) in [5, 5.41) is 10.9. The van der Waals surface area contributed by atoms with Crippen molar-refractivity contribution in [2.45, 2.75) is 9.79 Å². The Morgan fingerprint density at radius 1 is 0.818 bits per heavy atom. The van der Waals surface area contributed by atoms with Crippen LogP contribution in [0.3, 0.4) is 0 Å². The summed E-state index contributed by atoms with van der Waals surface area (Å²) < 4.78 is 33.4. The van der Waals surface area contributed by atoms with Crippen molar-refractivity contribution in [3.63, 3.8) is 0 Å². The number of ether oxygens (including phenoxy) is 1. The van der Waals surface area contributed by atoms with Crippen molar-refractivity contribution in [3.05, 3.63) is 103 Å². The average Bonchev–Trinajstić information content (AvgIpc) is 2.84. The zero-order valence-corrected chi connectivity index (χ0v) is 19.6. The lowest BCUT2D eigenvalue weighted by Crippen LogP contribution is -2.21. The summed E-state index contributed by atoms with van der Waals surface area (Å²) in [4.78, 5) is 2.20. The molecule has 0 aliphatic rings. The van der Waals surface area contributed by atoms with Gasteiger partial charge in [-0.2, -0.15) is 13.6 Å². The lowest BCUT2D eigenvalue weighted by molar-refractivity contribution is 0.339. The van der Waals surface area contributed by atoms with Gasteiger partial charge < -0.3 is 4.74 Å². The SMILES string of the molecule is COc1ccc(C(C[S+](c2ccccc2)c2ccccc2)=NOS(N)(=O)=O)c2ccccc12. The highest BCUT2D eigenvalue weighted by molar-refractivity contribution is 7.97. The van der Waals surface area contributed by atoms with Crippen molar-refractivity contribution >= 4 is 37.7 Å². The molecule has 0 saturated carbocycles. The molecule has 33 heavy (non-hydrogen) atoms. The fraction of sp³-hybridized carbons (Fsp3) is 0.0800. The third-order valence-corrected chi connectivity index (χ3v) is 7.53. The molecule has 4 aromatic rings. The standard InChI is InChI=1S/C25H23N2O4S2/c1-30-25-17-16-22(21-14-8-9-15-23(21)25)24(27-31-33(26,28)29)18-32(19-10-4-2-5-11-19)20-12-6-3-7-13-20/h2-17H,18H2,1H3,(H2,26,28,29)/q+1. The highest BCUT2D eigenvalue weighted by Gasteiger charge is 2.29. The normalized spacial score (nSPS) is 12.2. The molecule has 4 rings (SSSR count). The monoisotopic (exact) mass is 479 g/mol. The van der Waals surface area contributed by atoms with Gasteiger partial charge in [0.1, 0.15) is 11.5 Å². The second-order valence-corrected chi connectivity index (χ2v) is 10.3. The predicted molar refractivity (Wildman–Crippen MR) is 133 cm³/mol. The van der Waals surface area contributed by atoms with E-state index in [-0.39, 0.29) is 0 Å². The van der Waals surface area contributed by atoms with Gasteiger partial charge >= 0.3 is 10.3 Å². The van der Waals surface area contributed by atoms with Gasteiger partial charge in [0, 0.05) is 10.9 Å². The van der Waals surface area contributed by atoms with Crippen LogP contribution in [0.2, 0.25) is 0 Å². The fourth-order valence-corrected chi connectivity index (χ4v) is 5.81. The minimum atomic E-state index is -4.27. The van der Waals surface area contributed by atoms with Crippen LogP contribution in [0.1, 0.15) is 5.56 Å². The molecule has 0 fully saturated rings. The zero-order chi connectivity index (χ0) is 23.3. The summed E-state index contributed by atoms with van der Waals surface area (Å²) in [6.45, 7) is 0. The largest absolute Gasteiger partial charge is 0.496 e. The Morgan fingerprint density at radius 2 is 1.36 bits per heavy atom. The van der Waals surface area contributed by atoms with E-state index < -0.39 is 21.2 Å². The third-order valence-electron chi connectivity index (χ3n) is 5.00. The fourth-order valence-electron chi connectivity index (χ4n) is 3.56. The minimum Gasteiger partial charge on any atom is -0.496 e. The van der Waals surface area contributed by atoms with E-state index in [2.05, 4.69) is 29.4 Å². The van der Waals surface area contributed by atoms with Crippen LogP contribution in [0.15, 0.2) is 112 Å². The van der Waals surface area contributed by atoms with E-state index in [1.165, 1.54) is 0 Å².